The topological polar surface area (TPSA) is 52.9 Å². The van der Waals surface area contributed by atoms with Gasteiger partial charge in [0, 0.05) is 24.6 Å². The van der Waals surface area contributed by atoms with Crippen molar-refractivity contribution < 1.29 is 4.55 Å². The number of hydrogen-bond acceptors (Lipinski definition) is 3. The second kappa shape index (κ2) is 5.94. The molecular formula is C16H29N3OS. The number of aryl methyl sites for hydroxylation is 2. The molecule has 1 heterocycles. The second-order valence-electron chi connectivity index (χ2n) is 7.66. The van der Waals surface area contributed by atoms with Gasteiger partial charge in [0.1, 0.15) is 10.8 Å². The largest absolute Gasteiger partial charge is 0.598 e. The lowest BCUT2D eigenvalue weighted by Gasteiger charge is -2.36. The molecule has 0 aliphatic heterocycles. The summed E-state index contributed by atoms with van der Waals surface area (Å²) < 4.78 is 17.6. The van der Waals surface area contributed by atoms with Crippen molar-refractivity contribution in [3.8, 4) is 0 Å². The van der Waals surface area contributed by atoms with Crippen molar-refractivity contribution in [1.29, 1.82) is 0 Å². The highest BCUT2D eigenvalue weighted by molar-refractivity contribution is 7.90. The van der Waals surface area contributed by atoms with Gasteiger partial charge in [0.15, 0.2) is 0 Å². The summed E-state index contributed by atoms with van der Waals surface area (Å²) in [7, 11) is 1.95. The Kier molecular flexibility index (Phi) is 4.76. The molecule has 120 valence electrons. The third-order valence-corrected chi connectivity index (χ3v) is 6.11. The number of nitrogens with zero attached hydrogens (tertiary/aromatic N) is 2. The van der Waals surface area contributed by atoms with Crippen LogP contribution in [-0.2, 0) is 18.4 Å². The molecule has 2 rings (SSSR count). The molecule has 2 unspecified atom stereocenters. The summed E-state index contributed by atoms with van der Waals surface area (Å²) in [4.78, 5) is 0. The SMILES string of the molecule is Cc1cn(C)nc1C(N[S+]([O-])C(C)(C)C)C1(C)CCCC1. The smallest absolute Gasteiger partial charge is 0.136 e. The average Bonchev–Trinajstić information content (AvgIpc) is 2.92. The Bertz CT molecular complexity index is 486. The van der Waals surface area contributed by atoms with E-state index in [1.54, 1.807) is 0 Å². The van der Waals surface area contributed by atoms with Gasteiger partial charge < -0.3 is 4.55 Å². The van der Waals surface area contributed by atoms with Crippen molar-refractivity contribution in [3.05, 3.63) is 17.5 Å². The summed E-state index contributed by atoms with van der Waals surface area (Å²) in [5, 5.41) is 4.66. The lowest BCUT2D eigenvalue weighted by atomic mass is 9.79. The molecule has 0 radical (unpaired) electrons. The van der Waals surface area contributed by atoms with Gasteiger partial charge in [0.05, 0.1) is 5.69 Å². The van der Waals surface area contributed by atoms with Gasteiger partial charge >= 0.3 is 0 Å². The number of nitrogens with one attached hydrogen (secondary N) is 1. The zero-order valence-corrected chi connectivity index (χ0v) is 15.0. The van der Waals surface area contributed by atoms with E-state index in [4.69, 9.17) is 0 Å². The first-order valence-electron chi connectivity index (χ1n) is 7.82. The Morgan fingerprint density at radius 2 is 1.95 bits per heavy atom. The second-order valence-corrected chi connectivity index (χ2v) is 9.66. The van der Waals surface area contributed by atoms with Crippen molar-refractivity contribution in [2.45, 2.75) is 71.1 Å². The summed E-state index contributed by atoms with van der Waals surface area (Å²) >= 11 is -1.09. The number of rotatable bonds is 4. The quantitative estimate of drug-likeness (QED) is 0.867. The van der Waals surface area contributed by atoms with Gasteiger partial charge in [0.25, 0.3) is 0 Å². The van der Waals surface area contributed by atoms with E-state index < -0.39 is 11.4 Å². The zero-order valence-electron chi connectivity index (χ0n) is 14.2. The van der Waals surface area contributed by atoms with E-state index in [0.717, 1.165) is 5.69 Å². The molecule has 1 fully saturated rings. The van der Waals surface area contributed by atoms with E-state index in [9.17, 15) is 4.55 Å². The molecule has 0 saturated heterocycles. The first-order chi connectivity index (χ1) is 9.63. The van der Waals surface area contributed by atoms with Crippen LogP contribution in [0.2, 0.25) is 0 Å². The van der Waals surface area contributed by atoms with E-state index in [2.05, 4.69) is 23.7 Å². The van der Waals surface area contributed by atoms with Crippen LogP contribution in [0.4, 0.5) is 0 Å². The fraction of sp³-hybridized carbons (Fsp3) is 0.812. The maximum Gasteiger partial charge on any atom is 0.136 e. The molecule has 1 aliphatic rings. The van der Waals surface area contributed by atoms with Crippen molar-refractivity contribution in [1.82, 2.24) is 14.5 Å². The van der Waals surface area contributed by atoms with Gasteiger partial charge in [-0.15, -0.1) is 4.72 Å². The Balaban J connectivity index is 2.33. The number of hydrogen-bond donors (Lipinski definition) is 1. The van der Waals surface area contributed by atoms with Crippen LogP contribution in [0.25, 0.3) is 0 Å². The first kappa shape index (κ1) is 16.8. The van der Waals surface area contributed by atoms with Crippen molar-refractivity contribution in [3.63, 3.8) is 0 Å². The highest BCUT2D eigenvalue weighted by Gasteiger charge is 2.44. The van der Waals surface area contributed by atoms with Crippen molar-refractivity contribution in [2.75, 3.05) is 0 Å². The van der Waals surface area contributed by atoms with Crippen molar-refractivity contribution in [2.24, 2.45) is 12.5 Å². The predicted octanol–water partition coefficient (Wildman–Crippen LogP) is 3.40. The molecule has 0 bridgehead atoms. The van der Waals surface area contributed by atoms with E-state index in [0.29, 0.717) is 0 Å². The van der Waals surface area contributed by atoms with E-state index >= 15 is 0 Å². The molecule has 1 aliphatic carbocycles. The molecule has 1 N–H and O–H groups in total. The highest BCUT2D eigenvalue weighted by atomic mass is 32.2. The molecule has 0 amide bonds. The Labute approximate surface area is 132 Å². The van der Waals surface area contributed by atoms with Gasteiger partial charge in [-0.2, -0.15) is 5.10 Å². The average molecular weight is 311 g/mol. The molecule has 1 aromatic rings. The van der Waals surface area contributed by atoms with Crippen LogP contribution in [0.15, 0.2) is 6.20 Å². The summed E-state index contributed by atoms with van der Waals surface area (Å²) in [6, 6.07) is 0.0567. The molecule has 2 atom stereocenters. The van der Waals surface area contributed by atoms with Crippen LogP contribution < -0.4 is 4.72 Å². The fourth-order valence-corrected chi connectivity index (χ4v) is 4.16. The Hall–Kier alpha value is -0.520. The van der Waals surface area contributed by atoms with E-state index in [-0.39, 0.29) is 16.2 Å². The van der Waals surface area contributed by atoms with Crippen LogP contribution in [0.5, 0.6) is 0 Å². The minimum Gasteiger partial charge on any atom is -0.598 e. The predicted molar refractivity (Wildman–Crippen MR) is 88.3 cm³/mol. The molecule has 4 nitrogen and oxygen atoms in total. The number of aromatic nitrogens is 2. The third-order valence-electron chi connectivity index (χ3n) is 4.55. The third kappa shape index (κ3) is 3.63. The van der Waals surface area contributed by atoms with Crippen LogP contribution in [0.3, 0.4) is 0 Å². The standard InChI is InChI=1S/C16H29N3OS/c1-12-11-19(6)17-13(12)14(16(5)9-7-8-10-16)18-21(20)15(2,3)4/h11,14,18H,7-10H2,1-6H3. The summed E-state index contributed by atoms with van der Waals surface area (Å²) in [6.07, 6.45) is 6.89. The molecular weight excluding hydrogens is 282 g/mol. The monoisotopic (exact) mass is 311 g/mol. The normalized spacial score (nSPS) is 21.5. The molecule has 5 heteroatoms. The van der Waals surface area contributed by atoms with Crippen LogP contribution >= 0.6 is 0 Å². The molecule has 21 heavy (non-hydrogen) atoms. The molecule has 0 aromatic carbocycles. The fourth-order valence-electron chi connectivity index (χ4n) is 3.19. The molecule has 0 spiro atoms. The maximum atomic E-state index is 12.6. The minimum absolute atomic E-state index is 0.0567. The molecule has 1 aromatic heterocycles. The van der Waals surface area contributed by atoms with Gasteiger partial charge in [-0.3, -0.25) is 4.68 Å². The minimum atomic E-state index is -1.09. The lowest BCUT2D eigenvalue weighted by molar-refractivity contribution is 0.241. The highest BCUT2D eigenvalue weighted by Crippen LogP contribution is 2.48. The molecule has 1 saturated carbocycles. The van der Waals surface area contributed by atoms with Crippen molar-refractivity contribution >= 4 is 11.4 Å². The summed E-state index contributed by atoms with van der Waals surface area (Å²) in [6.45, 7) is 10.4. The Morgan fingerprint density at radius 1 is 1.38 bits per heavy atom. The van der Waals surface area contributed by atoms with Gasteiger partial charge in [-0.25, -0.2) is 0 Å². The van der Waals surface area contributed by atoms with Gasteiger partial charge in [0.2, 0.25) is 0 Å². The van der Waals surface area contributed by atoms with E-state index in [1.165, 1.54) is 31.2 Å². The maximum absolute atomic E-state index is 12.6. The lowest BCUT2D eigenvalue weighted by Crippen LogP contribution is -2.46. The first-order valence-corrected chi connectivity index (χ1v) is 8.97. The Morgan fingerprint density at radius 3 is 2.38 bits per heavy atom. The van der Waals surface area contributed by atoms with E-state index in [1.807, 2.05) is 38.7 Å². The van der Waals surface area contributed by atoms with Crippen LogP contribution in [0.1, 0.15) is 70.7 Å². The van der Waals surface area contributed by atoms with Crippen LogP contribution in [-0.4, -0.2) is 19.1 Å². The summed E-state index contributed by atoms with van der Waals surface area (Å²) in [5.74, 6) is 0. The zero-order chi connectivity index (χ0) is 15.8. The van der Waals surface area contributed by atoms with Gasteiger partial charge in [-0.05, 0) is 51.5 Å². The van der Waals surface area contributed by atoms with Crippen LogP contribution in [0, 0.1) is 12.3 Å². The van der Waals surface area contributed by atoms with Gasteiger partial charge in [-0.1, -0.05) is 19.8 Å². The summed E-state index contributed by atoms with van der Waals surface area (Å²) in [5.41, 5.74) is 2.37.